The van der Waals surface area contributed by atoms with Crippen molar-refractivity contribution in [1.29, 1.82) is 0 Å². The second-order valence-corrected chi connectivity index (χ2v) is 5.91. The predicted octanol–water partition coefficient (Wildman–Crippen LogP) is 1.66. The lowest BCUT2D eigenvalue weighted by Crippen LogP contribution is -2.52. The normalized spacial score (nSPS) is 21.4. The molecule has 0 radical (unpaired) electrons. The first kappa shape index (κ1) is 14.5. The number of fused-ring (bicyclic) bond motifs is 1. The first-order valence-electron chi connectivity index (χ1n) is 7.48. The van der Waals surface area contributed by atoms with Gasteiger partial charge in [-0.2, -0.15) is 0 Å². The van der Waals surface area contributed by atoms with Crippen molar-refractivity contribution in [2.45, 2.75) is 19.5 Å². The summed E-state index contributed by atoms with van der Waals surface area (Å²) in [6.07, 6.45) is 0. The van der Waals surface area contributed by atoms with Crippen LogP contribution in [0, 0.1) is 0 Å². The second-order valence-electron chi connectivity index (χ2n) is 5.51. The lowest BCUT2D eigenvalue weighted by atomic mass is 10.1. The molecule has 2 fully saturated rings. The number of amides is 2. The summed E-state index contributed by atoms with van der Waals surface area (Å²) < 4.78 is 0. The molecule has 2 N–H and O–H groups in total. The number of para-hydroxylation sites is 1. The highest BCUT2D eigenvalue weighted by Crippen LogP contribution is 2.32. The molecular formula is C15H21ClN4O. The number of piperazine rings is 1. The molecule has 1 aromatic rings. The monoisotopic (exact) mass is 308 g/mol. The molecule has 0 bridgehead atoms. The van der Waals surface area contributed by atoms with Crippen LogP contribution in [0.2, 0.25) is 5.02 Å². The number of halogens is 1. The summed E-state index contributed by atoms with van der Waals surface area (Å²) in [5, 5.41) is 7.06. The summed E-state index contributed by atoms with van der Waals surface area (Å²) in [7, 11) is 0. The molecule has 6 heteroatoms. The van der Waals surface area contributed by atoms with E-state index in [1.165, 1.54) is 5.56 Å². The van der Waals surface area contributed by atoms with Gasteiger partial charge in [-0.25, -0.2) is 4.79 Å². The lowest BCUT2D eigenvalue weighted by Gasteiger charge is -2.39. The summed E-state index contributed by atoms with van der Waals surface area (Å²) in [5.41, 5.74) is 2.33. The van der Waals surface area contributed by atoms with Crippen LogP contribution in [0.15, 0.2) is 18.2 Å². The molecule has 21 heavy (non-hydrogen) atoms. The first-order chi connectivity index (χ1) is 10.2. The zero-order valence-electron chi connectivity index (χ0n) is 12.2. The topological polar surface area (TPSA) is 47.6 Å². The average Bonchev–Trinajstić information content (AvgIpc) is 2.86. The Hall–Kier alpha value is -1.46. The van der Waals surface area contributed by atoms with Gasteiger partial charge in [0.05, 0.1) is 16.8 Å². The third kappa shape index (κ3) is 2.80. The number of hydrogen-bond donors (Lipinski definition) is 2. The van der Waals surface area contributed by atoms with Crippen molar-refractivity contribution < 1.29 is 4.79 Å². The smallest absolute Gasteiger partial charge is 0.317 e. The Morgan fingerprint density at radius 1 is 1.43 bits per heavy atom. The van der Waals surface area contributed by atoms with Gasteiger partial charge in [0.2, 0.25) is 0 Å². The van der Waals surface area contributed by atoms with E-state index in [0.717, 1.165) is 50.0 Å². The number of anilines is 1. The number of urea groups is 1. The molecule has 2 saturated heterocycles. The Labute approximate surface area is 130 Å². The fourth-order valence-electron chi connectivity index (χ4n) is 3.12. The SMILES string of the molecule is CCNCc1cccc(Cl)c1N1CCN2C(=O)NCC2C1. The van der Waals surface area contributed by atoms with E-state index in [1.807, 2.05) is 17.0 Å². The summed E-state index contributed by atoms with van der Waals surface area (Å²) in [6, 6.07) is 6.36. The standard InChI is InChI=1S/C15H21ClN4O/c1-2-17-8-11-4-3-5-13(16)14(11)19-6-7-20-12(10-19)9-18-15(20)21/h3-5,12,17H,2,6-10H2,1H3,(H,18,21). The Kier molecular flexibility index (Phi) is 4.22. The van der Waals surface area contributed by atoms with Crippen molar-refractivity contribution in [1.82, 2.24) is 15.5 Å². The molecule has 2 heterocycles. The lowest BCUT2D eigenvalue weighted by molar-refractivity contribution is 0.197. The largest absolute Gasteiger partial charge is 0.366 e. The molecule has 0 spiro atoms. The van der Waals surface area contributed by atoms with Gasteiger partial charge in [-0.3, -0.25) is 0 Å². The van der Waals surface area contributed by atoms with Crippen molar-refractivity contribution in [3.05, 3.63) is 28.8 Å². The number of carbonyl (C=O) groups is 1. The molecular weight excluding hydrogens is 288 g/mol. The number of hydrogen-bond acceptors (Lipinski definition) is 3. The minimum Gasteiger partial charge on any atom is -0.366 e. The van der Waals surface area contributed by atoms with Gasteiger partial charge in [0.15, 0.2) is 0 Å². The molecule has 1 unspecified atom stereocenters. The highest BCUT2D eigenvalue weighted by atomic mass is 35.5. The molecule has 1 aromatic carbocycles. The number of rotatable bonds is 4. The van der Waals surface area contributed by atoms with Crippen LogP contribution in [0.3, 0.4) is 0 Å². The zero-order valence-corrected chi connectivity index (χ0v) is 13.0. The number of nitrogens with zero attached hydrogens (tertiary/aromatic N) is 2. The van der Waals surface area contributed by atoms with Gasteiger partial charge in [0, 0.05) is 32.7 Å². The third-order valence-electron chi connectivity index (χ3n) is 4.18. The first-order valence-corrected chi connectivity index (χ1v) is 7.86. The molecule has 5 nitrogen and oxygen atoms in total. The Balaban J connectivity index is 1.82. The molecule has 2 amide bonds. The average molecular weight is 309 g/mol. The van der Waals surface area contributed by atoms with E-state index < -0.39 is 0 Å². The molecule has 1 atom stereocenters. The van der Waals surface area contributed by atoms with E-state index in [0.29, 0.717) is 0 Å². The number of benzene rings is 1. The van der Waals surface area contributed by atoms with Crippen LogP contribution in [0.4, 0.5) is 10.5 Å². The quantitative estimate of drug-likeness (QED) is 0.889. The fourth-order valence-corrected chi connectivity index (χ4v) is 3.44. The van der Waals surface area contributed by atoms with Gasteiger partial charge in [0.25, 0.3) is 0 Å². The van der Waals surface area contributed by atoms with Crippen LogP contribution in [-0.4, -0.2) is 49.7 Å². The maximum atomic E-state index is 11.7. The van der Waals surface area contributed by atoms with Crippen molar-refractivity contribution >= 4 is 23.3 Å². The second kappa shape index (κ2) is 6.12. The van der Waals surface area contributed by atoms with Crippen molar-refractivity contribution in [2.75, 3.05) is 37.6 Å². The van der Waals surface area contributed by atoms with E-state index in [9.17, 15) is 4.79 Å². The van der Waals surface area contributed by atoms with Gasteiger partial charge in [-0.15, -0.1) is 0 Å². The van der Waals surface area contributed by atoms with E-state index >= 15 is 0 Å². The van der Waals surface area contributed by atoms with Crippen LogP contribution in [0.25, 0.3) is 0 Å². The Bertz CT molecular complexity index is 536. The fraction of sp³-hybridized carbons (Fsp3) is 0.533. The Morgan fingerprint density at radius 3 is 3.10 bits per heavy atom. The van der Waals surface area contributed by atoms with Crippen LogP contribution < -0.4 is 15.5 Å². The maximum Gasteiger partial charge on any atom is 0.317 e. The summed E-state index contributed by atoms with van der Waals surface area (Å²) in [5.74, 6) is 0. The predicted molar refractivity (Wildman–Crippen MR) is 84.9 cm³/mol. The van der Waals surface area contributed by atoms with Crippen molar-refractivity contribution in [2.24, 2.45) is 0 Å². The molecule has 0 aliphatic carbocycles. The summed E-state index contributed by atoms with van der Waals surface area (Å²) in [6.45, 7) is 6.98. The van der Waals surface area contributed by atoms with Gasteiger partial charge in [-0.1, -0.05) is 30.7 Å². The van der Waals surface area contributed by atoms with Crippen LogP contribution in [0.1, 0.15) is 12.5 Å². The van der Waals surface area contributed by atoms with Crippen molar-refractivity contribution in [3.63, 3.8) is 0 Å². The summed E-state index contributed by atoms with van der Waals surface area (Å²) >= 11 is 6.45. The zero-order chi connectivity index (χ0) is 14.8. The van der Waals surface area contributed by atoms with Gasteiger partial charge < -0.3 is 20.4 Å². The van der Waals surface area contributed by atoms with Crippen LogP contribution >= 0.6 is 11.6 Å². The molecule has 0 aromatic heterocycles. The van der Waals surface area contributed by atoms with Crippen LogP contribution in [-0.2, 0) is 6.54 Å². The minimum absolute atomic E-state index is 0.0617. The molecule has 2 aliphatic rings. The molecule has 0 saturated carbocycles. The highest BCUT2D eigenvalue weighted by molar-refractivity contribution is 6.33. The maximum absolute atomic E-state index is 11.7. The third-order valence-corrected chi connectivity index (χ3v) is 4.49. The number of carbonyl (C=O) groups excluding carboxylic acids is 1. The molecule has 3 rings (SSSR count). The number of nitrogens with one attached hydrogen (secondary N) is 2. The van der Waals surface area contributed by atoms with Crippen LogP contribution in [0.5, 0.6) is 0 Å². The van der Waals surface area contributed by atoms with E-state index in [-0.39, 0.29) is 12.1 Å². The minimum atomic E-state index is 0.0617. The van der Waals surface area contributed by atoms with Gasteiger partial charge >= 0.3 is 6.03 Å². The molecule has 2 aliphatic heterocycles. The van der Waals surface area contributed by atoms with E-state index in [1.54, 1.807) is 0 Å². The van der Waals surface area contributed by atoms with Gasteiger partial charge in [-0.05, 0) is 18.2 Å². The Morgan fingerprint density at radius 2 is 2.29 bits per heavy atom. The van der Waals surface area contributed by atoms with Gasteiger partial charge in [0.1, 0.15) is 0 Å². The molecule has 114 valence electrons. The summed E-state index contributed by atoms with van der Waals surface area (Å²) in [4.78, 5) is 15.9. The van der Waals surface area contributed by atoms with Crippen molar-refractivity contribution in [3.8, 4) is 0 Å². The van der Waals surface area contributed by atoms with E-state index in [2.05, 4.69) is 28.5 Å². The highest BCUT2D eigenvalue weighted by Gasteiger charge is 2.36. The van der Waals surface area contributed by atoms with E-state index in [4.69, 9.17) is 11.6 Å².